The van der Waals surface area contributed by atoms with Gasteiger partial charge in [-0.1, -0.05) is 26.0 Å². The third-order valence-corrected chi connectivity index (χ3v) is 6.27. The Labute approximate surface area is 186 Å². The van der Waals surface area contributed by atoms with Crippen molar-refractivity contribution in [1.82, 2.24) is 4.90 Å². The van der Waals surface area contributed by atoms with E-state index in [9.17, 15) is 23.5 Å². The summed E-state index contributed by atoms with van der Waals surface area (Å²) in [6.07, 6.45) is 3.88. The van der Waals surface area contributed by atoms with Gasteiger partial charge in [-0.25, -0.2) is 4.79 Å². The maximum Gasteiger partial charge on any atom is 0.348 e. The molecule has 0 bridgehead atoms. The van der Waals surface area contributed by atoms with E-state index in [0.717, 1.165) is 11.3 Å². The number of aryl methyl sites for hydroxylation is 1. The van der Waals surface area contributed by atoms with Gasteiger partial charge in [0.25, 0.3) is 5.91 Å². The number of aliphatic hydroxyl groups excluding tert-OH is 1. The fraction of sp³-hybridized carbons (Fsp3) is 0.565. The molecule has 1 N–H and O–H groups in total. The normalized spacial score (nSPS) is 19.9. The first-order valence-electron chi connectivity index (χ1n) is 10.4. The number of alkyl halides is 2. The second kappa shape index (κ2) is 11.4. The number of hydrogen-bond donors (Lipinski definition) is 1. The summed E-state index contributed by atoms with van der Waals surface area (Å²) in [4.78, 5) is 26.3. The standard InChI is InChI=1S/C23H29F2NO4S/c1-4-5-6-8-16(2)19(27)12-10-17-15-23(24,25)22(29)26(17)14-7-9-18-11-13-20(31-18)21(28)30-3/h10-13,16-17,19,27H,4,7-9,14-15H2,1-3H3/b12-10+/t16-,17+,19-/m1/s1. The summed E-state index contributed by atoms with van der Waals surface area (Å²) in [5.41, 5.74) is 0. The van der Waals surface area contributed by atoms with Crippen LogP contribution in [0, 0.1) is 17.8 Å². The molecular weight excluding hydrogens is 424 g/mol. The molecular formula is C23H29F2NO4S. The molecule has 1 aliphatic rings. The Bertz CT molecular complexity index is 855. The maximum atomic E-state index is 14.1. The molecule has 0 aliphatic carbocycles. The second-order valence-corrected chi connectivity index (χ2v) is 8.77. The predicted molar refractivity (Wildman–Crippen MR) is 116 cm³/mol. The third kappa shape index (κ3) is 6.88. The fourth-order valence-electron chi connectivity index (χ4n) is 3.32. The van der Waals surface area contributed by atoms with Gasteiger partial charge >= 0.3 is 11.9 Å². The van der Waals surface area contributed by atoms with Crippen molar-refractivity contribution in [3.05, 3.63) is 34.0 Å². The Kier molecular flexibility index (Phi) is 9.20. The zero-order chi connectivity index (χ0) is 23.0. The van der Waals surface area contributed by atoms with E-state index in [1.165, 1.54) is 35.5 Å². The van der Waals surface area contributed by atoms with Crippen LogP contribution in [0.4, 0.5) is 8.78 Å². The van der Waals surface area contributed by atoms with Gasteiger partial charge in [-0.15, -0.1) is 23.2 Å². The lowest BCUT2D eigenvalue weighted by Gasteiger charge is -2.22. The van der Waals surface area contributed by atoms with Gasteiger partial charge in [0, 0.05) is 30.7 Å². The molecule has 1 aromatic heterocycles. The van der Waals surface area contributed by atoms with Crippen LogP contribution in [-0.2, 0) is 16.0 Å². The molecule has 2 rings (SSSR count). The Hall–Kier alpha value is -2.24. The van der Waals surface area contributed by atoms with Crippen LogP contribution < -0.4 is 0 Å². The van der Waals surface area contributed by atoms with E-state index >= 15 is 0 Å². The smallest absolute Gasteiger partial charge is 0.348 e. The molecule has 1 amide bonds. The van der Waals surface area contributed by atoms with Gasteiger partial charge in [-0.2, -0.15) is 8.78 Å². The van der Waals surface area contributed by atoms with Gasteiger partial charge in [0.1, 0.15) is 4.88 Å². The Balaban J connectivity index is 1.96. The number of carbonyl (C=O) groups is 2. The number of rotatable bonds is 9. The minimum atomic E-state index is -3.40. The third-order valence-electron chi connectivity index (χ3n) is 5.15. The molecule has 0 radical (unpaired) electrons. The number of methoxy groups -OCH3 is 1. The molecule has 1 saturated heterocycles. The first kappa shape index (κ1) is 25.0. The van der Waals surface area contributed by atoms with Crippen molar-refractivity contribution < 1.29 is 28.2 Å². The molecule has 31 heavy (non-hydrogen) atoms. The van der Waals surface area contributed by atoms with Crippen molar-refractivity contribution in [3.63, 3.8) is 0 Å². The Morgan fingerprint density at radius 3 is 2.87 bits per heavy atom. The van der Waals surface area contributed by atoms with E-state index in [4.69, 9.17) is 0 Å². The molecule has 0 spiro atoms. The second-order valence-electron chi connectivity index (χ2n) is 7.60. The van der Waals surface area contributed by atoms with Crippen LogP contribution in [0.15, 0.2) is 24.3 Å². The van der Waals surface area contributed by atoms with E-state index in [1.54, 1.807) is 12.1 Å². The van der Waals surface area contributed by atoms with Gasteiger partial charge in [-0.05, 0) is 30.9 Å². The highest BCUT2D eigenvalue weighted by Gasteiger charge is 2.52. The van der Waals surface area contributed by atoms with Crippen LogP contribution in [0.3, 0.4) is 0 Å². The number of thiophene rings is 1. The van der Waals surface area contributed by atoms with Crippen molar-refractivity contribution in [3.8, 4) is 11.8 Å². The van der Waals surface area contributed by atoms with Crippen molar-refractivity contribution in [2.45, 2.75) is 64.0 Å². The van der Waals surface area contributed by atoms with Crippen LogP contribution >= 0.6 is 11.3 Å². The van der Waals surface area contributed by atoms with Gasteiger partial charge in [0.05, 0.1) is 19.3 Å². The van der Waals surface area contributed by atoms with E-state index in [2.05, 4.69) is 16.6 Å². The molecule has 1 aliphatic heterocycles. The number of carbonyl (C=O) groups excluding carboxylic acids is 2. The number of hydrogen-bond acceptors (Lipinski definition) is 5. The minimum Gasteiger partial charge on any atom is -0.465 e. The summed E-state index contributed by atoms with van der Waals surface area (Å²) in [6, 6.07) is 2.70. The zero-order valence-electron chi connectivity index (χ0n) is 18.1. The van der Waals surface area contributed by atoms with Crippen molar-refractivity contribution in [1.29, 1.82) is 0 Å². The van der Waals surface area contributed by atoms with Gasteiger partial charge in [0.2, 0.25) is 0 Å². The van der Waals surface area contributed by atoms with Gasteiger partial charge in [0.15, 0.2) is 0 Å². The van der Waals surface area contributed by atoms with E-state index in [-0.39, 0.29) is 12.5 Å². The number of ether oxygens (including phenoxy) is 1. The Morgan fingerprint density at radius 2 is 2.19 bits per heavy atom. The largest absolute Gasteiger partial charge is 0.465 e. The maximum absolute atomic E-state index is 14.1. The highest BCUT2D eigenvalue weighted by Crippen LogP contribution is 2.34. The van der Waals surface area contributed by atoms with E-state index < -0.39 is 36.4 Å². The monoisotopic (exact) mass is 453 g/mol. The highest BCUT2D eigenvalue weighted by atomic mass is 32.1. The fourth-order valence-corrected chi connectivity index (χ4v) is 4.28. The molecule has 0 aromatic carbocycles. The highest BCUT2D eigenvalue weighted by molar-refractivity contribution is 7.13. The van der Waals surface area contributed by atoms with Crippen LogP contribution in [0.5, 0.6) is 0 Å². The van der Waals surface area contributed by atoms with Gasteiger partial charge in [-0.3, -0.25) is 4.79 Å². The molecule has 1 aromatic rings. The molecule has 8 heteroatoms. The Morgan fingerprint density at radius 1 is 1.45 bits per heavy atom. The number of likely N-dealkylation sites (tertiary alicyclic amines) is 1. The molecule has 3 atom stereocenters. The summed E-state index contributed by atoms with van der Waals surface area (Å²) in [6.45, 7) is 3.95. The summed E-state index contributed by atoms with van der Waals surface area (Å²) in [5, 5.41) is 10.3. The summed E-state index contributed by atoms with van der Waals surface area (Å²) in [5.74, 6) is 0.781. The average molecular weight is 454 g/mol. The first-order chi connectivity index (χ1) is 14.7. The van der Waals surface area contributed by atoms with Crippen LogP contribution in [-0.4, -0.2) is 53.6 Å². The number of aliphatic hydroxyl groups is 1. The minimum absolute atomic E-state index is 0.135. The average Bonchev–Trinajstić information content (AvgIpc) is 3.29. The first-order valence-corrected chi connectivity index (χ1v) is 11.2. The molecule has 5 nitrogen and oxygen atoms in total. The van der Waals surface area contributed by atoms with Crippen LogP contribution in [0.1, 0.15) is 54.1 Å². The number of halogens is 2. The molecule has 0 unspecified atom stereocenters. The predicted octanol–water partition coefficient (Wildman–Crippen LogP) is 4.06. The quantitative estimate of drug-likeness (QED) is 0.348. The number of amides is 1. The molecule has 2 heterocycles. The van der Waals surface area contributed by atoms with Crippen molar-refractivity contribution >= 4 is 23.2 Å². The molecule has 1 fully saturated rings. The van der Waals surface area contributed by atoms with E-state index in [0.29, 0.717) is 24.1 Å². The van der Waals surface area contributed by atoms with Crippen LogP contribution in [0.2, 0.25) is 0 Å². The number of nitrogens with zero attached hydrogens (tertiary/aromatic N) is 1. The van der Waals surface area contributed by atoms with Crippen LogP contribution in [0.25, 0.3) is 0 Å². The SMILES string of the molecule is CCC#CC[C@@H](C)[C@H](O)/C=C/[C@H]1CC(F)(F)C(=O)N1CCCc1ccc(C(=O)OC)s1. The lowest BCUT2D eigenvalue weighted by atomic mass is 9.99. The zero-order valence-corrected chi connectivity index (χ0v) is 18.9. The van der Waals surface area contributed by atoms with E-state index in [1.807, 2.05) is 13.8 Å². The summed E-state index contributed by atoms with van der Waals surface area (Å²) in [7, 11) is 1.31. The molecule has 170 valence electrons. The lowest BCUT2D eigenvalue weighted by molar-refractivity contribution is -0.148. The van der Waals surface area contributed by atoms with Crippen molar-refractivity contribution in [2.75, 3.05) is 13.7 Å². The number of esters is 1. The lowest BCUT2D eigenvalue weighted by Crippen LogP contribution is -2.36. The topological polar surface area (TPSA) is 66.8 Å². The van der Waals surface area contributed by atoms with Gasteiger partial charge < -0.3 is 14.7 Å². The summed E-state index contributed by atoms with van der Waals surface area (Å²) < 4.78 is 32.8. The van der Waals surface area contributed by atoms with Crippen molar-refractivity contribution in [2.24, 2.45) is 5.92 Å². The molecule has 0 saturated carbocycles. The summed E-state index contributed by atoms with van der Waals surface area (Å²) >= 11 is 1.29.